The van der Waals surface area contributed by atoms with Gasteiger partial charge >= 0.3 is 0 Å². The Morgan fingerprint density at radius 2 is 1.48 bits per heavy atom. The zero-order valence-electron chi connectivity index (χ0n) is 14.9. The number of hydrogen-bond acceptors (Lipinski definition) is 4. The summed E-state index contributed by atoms with van der Waals surface area (Å²) in [5.74, 6) is 0.647. The summed E-state index contributed by atoms with van der Waals surface area (Å²) >= 11 is 0. The molecule has 5 nitrogen and oxygen atoms in total. The van der Waals surface area contributed by atoms with Crippen LogP contribution in [0, 0.1) is 6.92 Å². The second-order valence-corrected chi connectivity index (χ2v) is 5.71. The van der Waals surface area contributed by atoms with E-state index in [4.69, 9.17) is 5.10 Å². The zero-order valence-corrected chi connectivity index (χ0v) is 14.9. The van der Waals surface area contributed by atoms with E-state index in [0.717, 1.165) is 35.8 Å². The van der Waals surface area contributed by atoms with Crippen LogP contribution in [0.3, 0.4) is 0 Å². The molecule has 3 rings (SSSR count). The highest BCUT2D eigenvalue weighted by molar-refractivity contribution is 5.67. The summed E-state index contributed by atoms with van der Waals surface area (Å²) in [5, 5.41) is 13.5. The van der Waals surface area contributed by atoms with Crippen LogP contribution >= 0.6 is 0 Å². The molecule has 0 atom stereocenters. The Morgan fingerprint density at radius 3 is 2.08 bits per heavy atom. The first kappa shape index (κ1) is 16.9. The quantitative estimate of drug-likeness (QED) is 0.564. The first-order valence-electron chi connectivity index (χ1n) is 8.61. The van der Waals surface area contributed by atoms with Gasteiger partial charge in [-0.3, -0.25) is 0 Å². The van der Waals surface area contributed by atoms with Crippen molar-refractivity contribution >= 4 is 17.2 Å². The van der Waals surface area contributed by atoms with E-state index in [1.165, 1.54) is 0 Å². The van der Waals surface area contributed by atoms with E-state index in [1.54, 1.807) is 0 Å². The summed E-state index contributed by atoms with van der Waals surface area (Å²) in [6, 6.07) is 19.9. The highest BCUT2D eigenvalue weighted by Crippen LogP contribution is 2.34. The Balaban J connectivity index is 2.08. The number of para-hydroxylation sites is 1. The summed E-state index contributed by atoms with van der Waals surface area (Å²) in [6.07, 6.45) is 0. The predicted molar refractivity (Wildman–Crippen MR) is 102 cm³/mol. The molecule has 25 heavy (non-hydrogen) atoms. The van der Waals surface area contributed by atoms with Crippen molar-refractivity contribution in [2.75, 3.05) is 18.0 Å². The van der Waals surface area contributed by atoms with Crippen LogP contribution in [-0.2, 0) is 0 Å². The van der Waals surface area contributed by atoms with Crippen molar-refractivity contribution in [3.8, 4) is 5.69 Å². The number of aromatic nitrogens is 2. The molecule has 0 fully saturated rings. The van der Waals surface area contributed by atoms with E-state index in [0.29, 0.717) is 5.82 Å². The molecule has 0 radical (unpaired) electrons. The molecule has 5 heteroatoms. The molecule has 128 valence electrons. The van der Waals surface area contributed by atoms with Crippen LogP contribution in [-0.4, -0.2) is 22.9 Å². The molecule has 0 saturated heterocycles. The molecule has 3 aromatic rings. The molecule has 0 aliphatic rings. The molecule has 2 aromatic carbocycles. The standard InChI is InChI=1S/C20H23N5/c1-4-24(5-2)19-16(3)25(18-14-10-7-11-15-18)23-20(19)22-21-17-12-8-6-9-13-17/h6-15H,4-5H2,1-3H3. The lowest BCUT2D eigenvalue weighted by molar-refractivity contribution is 0.833. The second kappa shape index (κ2) is 7.75. The summed E-state index contributed by atoms with van der Waals surface area (Å²) in [7, 11) is 0. The lowest BCUT2D eigenvalue weighted by atomic mass is 10.3. The number of anilines is 1. The second-order valence-electron chi connectivity index (χ2n) is 5.71. The Hall–Kier alpha value is -2.95. The molecule has 1 aromatic heterocycles. The van der Waals surface area contributed by atoms with E-state index >= 15 is 0 Å². The predicted octanol–water partition coefficient (Wildman–Crippen LogP) is 5.44. The molecular formula is C20H23N5. The van der Waals surface area contributed by atoms with Crippen molar-refractivity contribution in [2.45, 2.75) is 20.8 Å². The minimum absolute atomic E-state index is 0.647. The topological polar surface area (TPSA) is 45.8 Å². The molecule has 0 aliphatic heterocycles. The maximum atomic E-state index is 4.73. The fourth-order valence-electron chi connectivity index (χ4n) is 2.88. The van der Waals surface area contributed by atoms with Gasteiger partial charge < -0.3 is 4.90 Å². The first-order valence-corrected chi connectivity index (χ1v) is 8.61. The lowest BCUT2D eigenvalue weighted by Crippen LogP contribution is -2.22. The third-order valence-corrected chi connectivity index (χ3v) is 4.16. The van der Waals surface area contributed by atoms with Crippen LogP contribution in [0.25, 0.3) is 5.69 Å². The first-order chi connectivity index (χ1) is 12.2. The van der Waals surface area contributed by atoms with Crippen molar-refractivity contribution in [3.05, 3.63) is 66.4 Å². The van der Waals surface area contributed by atoms with Gasteiger partial charge in [0.25, 0.3) is 0 Å². The van der Waals surface area contributed by atoms with Gasteiger partial charge in [-0.2, -0.15) is 0 Å². The number of azo groups is 1. The van der Waals surface area contributed by atoms with Crippen molar-refractivity contribution < 1.29 is 0 Å². The molecule has 1 heterocycles. The van der Waals surface area contributed by atoms with Crippen molar-refractivity contribution in [2.24, 2.45) is 10.2 Å². The molecule has 0 N–H and O–H groups in total. The van der Waals surface area contributed by atoms with E-state index in [1.807, 2.05) is 65.3 Å². The largest absolute Gasteiger partial charge is 0.367 e. The van der Waals surface area contributed by atoms with Gasteiger partial charge in [0.1, 0.15) is 5.69 Å². The third kappa shape index (κ3) is 3.60. The average molecular weight is 333 g/mol. The van der Waals surface area contributed by atoms with Crippen LogP contribution in [0.4, 0.5) is 17.2 Å². The summed E-state index contributed by atoms with van der Waals surface area (Å²) in [4.78, 5) is 2.26. The summed E-state index contributed by atoms with van der Waals surface area (Å²) in [6.45, 7) is 8.15. The fraction of sp³-hybridized carbons (Fsp3) is 0.250. The molecule has 0 aliphatic carbocycles. The molecule has 0 unspecified atom stereocenters. The van der Waals surface area contributed by atoms with Crippen LogP contribution in [0.5, 0.6) is 0 Å². The Kier molecular flexibility index (Phi) is 5.23. The van der Waals surface area contributed by atoms with Crippen molar-refractivity contribution in [1.82, 2.24) is 9.78 Å². The Morgan fingerprint density at radius 1 is 0.880 bits per heavy atom. The zero-order chi connectivity index (χ0) is 17.6. The number of rotatable bonds is 6. The summed E-state index contributed by atoms with van der Waals surface area (Å²) in [5.41, 5.74) is 3.94. The van der Waals surface area contributed by atoms with Crippen LogP contribution in [0.1, 0.15) is 19.5 Å². The normalized spacial score (nSPS) is 11.2. The van der Waals surface area contributed by atoms with Gasteiger partial charge in [0, 0.05) is 13.1 Å². The van der Waals surface area contributed by atoms with E-state index < -0.39 is 0 Å². The van der Waals surface area contributed by atoms with Gasteiger partial charge in [0.2, 0.25) is 5.82 Å². The van der Waals surface area contributed by atoms with Crippen molar-refractivity contribution in [1.29, 1.82) is 0 Å². The molecule has 0 spiro atoms. The van der Waals surface area contributed by atoms with E-state index in [2.05, 4.69) is 35.9 Å². The number of hydrogen-bond donors (Lipinski definition) is 0. The highest BCUT2D eigenvalue weighted by atomic mass is 15.4. The highest BCUT2D eigenvalue weighted by Gasteiger charge is 2.19. The fourth-order valence-corrected chi connectivity index (χ4v) is 2.88. The average Bonchev–Trinajstić information content (AvgIpc) is 2.99. The molecule has 0 bridgehead atoms. The van der Waals surface area contributed by atoms with Crippen LogP contribution in [0.2, 0.25) is 0 Å². The van der Waals surface area contributed by atoms with Crippen LogP contribution in [0.15, 0.2) is 70.9 Å². The maximum absolute atomic E-state index is 4.73. The smallest absolute Gasteiger partial charge is 0.219 e. The van der Waals surface area contributed by atoms with Gasteiger partial charge in [0.05, 0.1) is 17.1 Å². The SMILES string of the molecule is CCN(CC)c1c(N=Nc2ccccc2)nn(-c2ccccc2)c1C. The maximum Gasteiger partial charge on any atom is 0.219 e. The minimum atomic E-state index is 0.647. The van der Waals surface area contributed by atoms with Gasteiger partial charge in [-0.25, -0.2) is 4.68 Å². The van der Waals surface area contributed by atoms with E-state index in [9.17, 15) is 0 Å². The van der Waals surface area contributed by atoms with Crippen LogP contribution < -0.4 is 4.90 Å². The van der Waals surface area contributed by atoms with Crippen molar-refractivity contribution in [3.63, 3.8) is 0 Å². The van der Waals surface area contributed by atoms with Gasteiger partial charge in [0.15, 0.2) is 0 Å². The minimum Gasteiger partial charge on any atom is -0.367 e. The number of nitrogens with zero attached hydrogens (tertiary/aromatic N) is 5. The summed E-state index contributed by atoms with van der Waals surface area (Å²) < 4.78 is 1.94. The molecule has 0 amide bonds. The Labute approximate surface area is 148 Å². The monoisotopic (exact) mass is 333 g/mol. The number of benzene rings is 2. The van der Waals surface area contributed by atoms with Gasteiger partial charge in [-0.15, -0.1) is 15.3 Å². The third-order valence-electron chi connectivity index (χ3n) is 4.16. The Bertz CT molecular complexity index is 833. The molecule has 0 saturated carbocycles. The molecular weight excluding hydrogens is 310 g/mol. The lowest BCUT2D eigenvalue weighted by Gasteiger charge is -2.20. The van der Waals surface area contributed by atoms with Gasteiger partial charge in [-0.1, -0.05) is 36.4 Å². The van der Waals surface area contributed by atoms with E-state index in [-0.39, 0.29) is 0 Å². The van der Waals surface area contributed by atoms with Gasteiger partial charge in [-0.05, 0) is 45.0 Å².